The predicted molar refractivity (Wildman–Crippen MR) is 152 cm³/mol. The van der Waals surface area contributed by atoms with Gasteiger partial charge < -0.3 is 10.6 Å². The van der Waals surface area contributed by atoms with Gasteiger partial charge in [-0.3, -0.25) is 9.20 Å². The van der Waals surface area contributed by atoms with Gasteiger partial charge in [0.05, 0.1) is 11.9 Å². The summed E-state index contributed by atoms with van der Waals surface area (Å²) in [5, 5.41) is 6.51. The third kappa shape index (κ3) is 6.02. The van der Waals surface area contributed by atoms with E-state index >= 15 is 0 Å². The third-order valence-corrected chi connectivity index (χ3v) is 7.59. The fourth-order valence-corrected chi connectivity index (χ4v) is 5.32. The molecule has 0 radical (unpaired) electrons. The van der Waals surface area contributed by atoms with Crippen LogP contribution in [0.2, 0.25) is 0 Å². The average Bonchev–Trinajstić information content (AvgIpc) is 3.34. The number of thioether (sulfide) groups is 1. The summed E-state index contributed by atoms with van der Waals surface area (Å²) in [4.78, 5) is 22.0. The molecule has 2 aromatic carbocycles. The number of Topliss-reactive ketones (excluding diaryl/α,β-unsaturated/α-hetero) is 1. The highest BCUT2D eigenvalue weighted by atomic mass is 32.2. The third-order valence-electron chi connectivity index (χ3n) is 6.52. The zero-order chi connectivity index (χ0) is 26.4. The fraction of sp³-hybridized carbons (Fsp3) is 0.345. The number of aryl methyl sites for hydroxylation is 2. The Kier molecular flexibility index (Phi) is 8.95. The second-order valence-electron chi connectivity index (χ2n) is 9.08. The molecule has 4 rings (SSSR count). The average molecular weight is 520 g/mol. The van der Waals surface area contributed by atoms with Gasteiger partial charge in [-0.25, -0.2) is 14.4 Å². The quantitative estimate of drug-likeness (QED) is 0.167. The van der Waals surface area contributed by atoms with Gasteiger partial charge in [-0.05, 0) is 74.4 Å². The predicted octanol–water partition coefficient (Wildman–Crippen LogP) is 6.37. The Morgan fingerprint density at radius 3 is 2.76 bits per heavy atom. The number of hydrogen-bond donors (Lipinski definition) is 2. The summed E-state index contributed by atoms with van der Waals surface area (Å²) in [7, 11) is 1.95. The van der Waals surface area contributed by atoms with E-state index in [1.807, 2.05) is 53.7 Å². The van der Waals surface area contributed by atoms with Crippen molar-refractivity contribution < 1.29 is 9.18 Å². The fourth-order valence-electron chi connectivity index (χ4n) is 4.42. The van der Waals surface area contributed by atoms with Crippen molar-refractivity contribution in [3.05, 3.63) is 77.0 Å². The summed E-state index contributed by atoms with van der Waals surface area (Å²) >= 11 is 1.87. The Labute approximate surface area is 222 Å². The molecule has 0 aliphatic carbocycles. The molecule has 0 atom stereocenters. The molecule has 0 fully saturated rings. The number of fused-ring (bicyclic) bond motifs is 1. The van der Waals surface area contributed by atoms with E-state index < -0.39 is 0 Å². The normalized spacial score (nSPS) is 11.3. The number of rotatable bonds is 12. The molecule has 4 aromatic rings. The molecule has 194 valence electrons. The van der Waals surface area contributed by atoms with Crippen molar-refractivity contribution in [3.8, 4) is 11.3 Å². The molecule has 2 aromatic heterocycles. The van der Waals surface area contributed by atoms with Crippen LogP contribution in [0.3, 0.4) is 0 Å². The first-order valence-electron chi connectivity index (χ1n) is 12.7. The minimum Gasteiger partial charge on any atom is -0.337 e. The van der Waals surface area contributed by atoms with Gasteiger partial charge in [-0.15, -0.1) is 0 Å². The van der Waals surface area contributed by atoms with Crippen LogP contribution in [0.5, 0.6) is 0 Å². The number of aromatic nitrogens is 3. The summed E-state index contributed by atoms with van der Waals surface area (Å²) in [6, 6.07) is 9.56. The van der Waals surface area contributed by atoms with Crippen LogP contribution in [-0.4, -0.2) is 45.3 Å². The summed E-state index contributed by atoms with van der Waals surface area (Å²) in [6.45, 7) is 6.60. The van der Waals surface area contributed by atoms with Crippen molar-refractivity contribution >= 4 is 34.7 Å². The number of halogens is 1. The van der Waals surface area contributed by atoms with E-state index in [1.165, 1.54) is 0 Å². The van der Waals surface area contributed by atoms with Crippen LogP contribution in [-0.2, 0) is 6.42 Å². The van der Waals surface area contributed by atoms with Gasteiger partial charge in [-0.2, -0.15) is 11.8 Å². The van der Waals surface area contributed by atoms with Crippen LogP contribution in [0.1, 0.15) is 46.8 Å². The smallest absolute Gasteiger partial charge is 0.180 e. The Morgan fingerprint density at radius 2 is 1.97 bits per heavy atom. The van der Waals surface area contributed by atoms with Crippen LogP contribution < -0.4 is 10.6 Å². The van der Waals surface area contributed by atoms with Crippen LogP contribution in [0.25, 0.3) is 16.9 Å². The number of hydrogen-bond acceptors (Lipinski definition) is 6. The van der Waals surface area contributed by atoms with Crippen molar-refractivity contribution in [1.29, 1.82) is 0 Å². The molecule has 6 nitrogen and oxygen atoms in total. The summed E-state index contributed by atoms with van der Waals surface area (Å²) in [5.41, 5.74) is 6.11. The van der Waals surface area contributed by atoms with Gasteiger partial charge in [-0.1, -0.05) is 19.1 Å². The molecule has 0 aliphatic heterocycles. The number of benzene rings is 2. The lowest BCUT2D eigenvalue weighted by Gasteiger charge is -2.12. The van der Waals surface area contributed by atoms with E-state index in [2.05, 4.69) is 27.5 Å². The minimum atomic E-state index is -0.200. The van der Waals surface area contributed by atoms with Crippen molar-refractivity contribution in [2.45, 2.75) is 40.0 Å². The van der Waals surface area contributed by atoms with Gasteiger partial charge >= 0.3 is 0 Å². The van der Waals surface area contributed by atoms with Crippen molar-refractivity contribution in [2.75, 3.05) is 30.4 Å². The van der Waals surface area contributed by atoms with Gasteiger partial charge in [0.15, 0.2) is 17.2 Å². The maximum Gasteiger partial charge on any atom is 0.180 e. The van der Waals surface area contributed by atoms with Crippen LogP contribution in [0.4, 0.5) is 15.9 Å². The number of ketones is 1. The monoisotopic (exact) mass is 519 g/mol. The largest absolute Gasteiger partial charge is 0.337 e. The highest BCUT2D eigenvalue weighted by molar-refractivity contribution is 7.99. The highest BCUT2D eigenvalue weighted by Crippen LogP contribution is 2.30. The molecule has 0 saturated heterocycles. The molecular formula is C29H34FN5OS. The zero-order valence-electron chi connectivity index (χ0n) is 21.9. The van der Waals surface area contributed by atoms with Crippen molar-refractivity contribution in [1.82, 2.24) is 19.7 Å². The first-order chi connectivity index (χ1) is 17.9. The molecule has 2 N–H and O–H groups in total. The number of nitrogens with one attached hydrogen (secondary N) is 2. The van der Waals surface area contributed by atoms with Gasteiger partial charge in [0.2, 0.25) is 0 Å². The van der Waals surface area contributed by atoms with E-state index in [-0.39, 0.29) is 11.6 Å². The van der Waals surface area contributed by atoms with Crippen LogP contribution in [0.15, 0.2) is 48.9 Å². The Hall–Kier alpha value is -3.23. The van der Waals surface area contributed by atoms with E-state index in [9.17, 15) is 9.18 Å². The lowest BCUT2D eigenvalue weighted by Crippen LogP contribution is -2.10. The molecule has 0 aliphatic rings. The molecule has 0 unspecified atom stereocenters. The van der Waals surface area contributed by atoms with E-state index in [0.717, 1.165) is 59.0 Å². The molecule has 0 saturated carbocycles. The first-order valence-corrected chi connectivity index (χ1v) is 13.8. The summed E-state index contributed by atoms with van der Waals surface area (Å²) in [5.74, 6) is 2.64. The Bertz CT molecular complexity index is 1400. The molecule has 2 heterocycles. The molecule has 0 spiro atoms. The molecule has 8 heteroatoms. The second-order valence-corrected chi connectivity index (χ2v) is 10.3. The number of imidazole rings is 1. The minimum absolute atomic E-state index is 0.191. The van der Waals surface area contributed by atoms with Crippen molar-refractivity contribution in [2.24, 2.45) is 0 Å². The maximum absolute atomic E-state index is 14.6. The number of nitrogens with zero attached hydrogens (tertiary/aromatic N) is 3. The van der Waals surface area contributed by atoms with Crippen molar-refractivity contribution in [3.63, 3.8) is 0 Å². The summed E-state index contributed by atoms with van der Waals surface area (Å²) < 4.78 is 16.5. The summed E-state index contributed by atoms with van der Waals surface area (Å²) in [6.07, 6.45) is 7.48. The molecular weight excluding hydrogens is 485 g/mol. The van der Waals surface area contributed by atoms with E-state index in [0.29, 0.717) is 29.0 Å². The van der Waals surface area contributed by atoms with Gasteiger partial charge in [0.1, 0.15) is 5.82 Å². The maximum atomic E-state index is 14.6. The first kappa shape index (κ1) is 26.8. The standard InChI is InChI=1S/C29H34FN5OS/c1-5-21-17-22(9-11-24(21)26(36)7-6-15-37-16-13-31-4)34-28-29-33-18-25(35(29)14-12-32-28)23-10-8-19(2)27(30)20(23)3/h8-12,14,17-18,31H,5-7,13,15-16H2,1-4H3,(H,32,34). The number of carbonyl (C=O) groups excluding carboxylic acids is 1. The SMILES string of the molecule is CCc1cc(Nc2nccn3c(-c4ccc(C)c(F)c4C)cnc23)ccc1C(=O)CCCSCCNC. The molecule has 37 heavy (non-hydrogen) atoms. The second kappa shape index (κ2) is 12.3. The zero-order valence-corrected chi connectivity index (χ0v) is 22.7. The highest BCUT2D eigenvalue weighted by Gasteiger charge is 2.16. The van der Waals surface area contributed by atoms with E-state index in [4.69, 9.17) is 0 Å². The van der Waals surface area contributed by atoms with E-state index in [1.54, 1.807) is 32.3 Å². The van der Waals surface area contributed by atoms with Gasteiger partial charge in [0.25, 0.3) is 0 Å². The molecule has 0 amide bonds. The van der Waals surface area contributed by atoms with Gasteiger partial charge in [0, 0.05) is 47.9 Å². The molecule has 0 bridgehead atoms. The van der Waals surface area contributed by atoms with Crippen LogP contribution in [0, 0.1) is 19.7 Å². The lowest BCUT2D eigenvalue weighted by atomic mass is 9.98. The number of carbonyl (C=O) groups is 1. The Balaban J connectivity index is 1.53. The topological polar surface area (TPSA) is 71.3 Å². The Morgan fingerprint density at radius 1 is 1.14 bits per heavy atom. The number of anilines is 2. The van der Waals surface area contributed by atoms with Crippen LogP contribution >= 0.6 is 11.8 Å². The lowest BCUT2D eigenvalue weighted by molar-refractivity contribution is 0.0981.